The molecule has 0 N–H and O–H groups in total. The van der Waals surface area contributed by atoms with Crippen LogP contribution in [0.4, 0.5) is 0 Å². The van der Waals surface area contributed by atoms with Crippen molar-refractivity contribution in [3.8, 4) is 0 Å². The van der Waals surface area contributed by atoms with E-state index in [0.717, 1.165) is 50.0 Å². The van der Waals surface area contributed by atoms with E-state index >= 15 is 0 Å². The highest BCUT2D eigenvalue weighted by atomic mass is 79.9. The number of likely N-dealkylation sites (N-methyl/N-ethyl adjacent to an activating group) is 1. The molecule has 166 valence electrons. The van der Waals surface area contributed by atoms with E-state index in [0.29, 0.717) is 23.5 Å². The first-order valence-corrected chi connectivity index (χ1v) is 12.2. The second-order valence-electron chi connectivity index (χ2n) is 8.75. The number of benzene rings is 2. The first-order chi connectivity index (χ1) is 15.0. The summed E-state index contributed by atoms with van der Waals surface area (Å²) in [6.07, 6.45) is 3.49. The Hall–Kier alpha value is -1.98. The molecule has 0 bridgehead atoms. The summed E-state index contributed by atoms with van der Waals surface area (Å²) in [5, 5.41) is 0.455. The highest BCUT2D eigenvalue weighted by Gasteiger charge is 2.43. The Morgan fingerprint density at radius 1 is 0.968 bits per heavy atom. The zero-order chi connectivity index (χ0) is 22.3. The number of rotatable bonds is 9. The molecular formula is C26H33BrN2O2. The van der Waals surface area contributed by atoms with E-state index < -0.39 is 5.41 Å². The lowest BCUT2D eigenvalue weighted by atomic mass is 9.70. The summed E-state index contributed by atoms with van der Waals surface area (Å²) in [6.45, 7) is 2.81. The maximum atomic E-state index is 13.7. The smallest absolute Gasteiger partial charge is 0.237 e. The Labute approximate surface area is 194 Å². The molecule has 1 aliphatic heterocycles. The minimum Gasteiger partial charge on any atom is -0.348 e. The molecule has 2 aromatic rings. The molecule has 2 aromatic carbocycles. The summed E-state index contributed by atoms with van der Waals surface area (Å²) in [5.74, 6) is 0.891. The fourth-order valence-electron chi connectivity index (χ4n) is 4.75. The Morgan fingerprint density at radius 2 is 1.48 bits per heavy atom. The van der Waals surface area contributed by atoms with Crippen molar-refractivity contribution >= 4 is 27.6 Å². The summed E-state index contributed by atoms with van der Waals surface area (Å²) < 4.78 is 0. The maximum Gasteiger partial charge on any atom is 0.237 e. The molecule has 1 fully saturated rings. The minimum absolute atomic E-state index is 0.114. The van der Waals surface area contributed by atoms with Crippen LogP contribution in [0.3, 0.4) is 0 Å². The third-order valence-electron chi connectivity index (χ3n) is 6.48. The van der Waals surface area contributed by atoms with Crippen molar-refractivity contribution in [3.05, 3.63) is 71.8 Å². The highest BCUT2D eigenvalue weighted by Crippen LogP contribution is 2.38. The first-order valence-electron chi connectivity index (χ1n) is 11.1. The molecule has 4 nitrogen and oxygen atoms in total. The molecule has 0 unspecified atom stereocenters. The van der Waals surface area contributed by atoms with Crippen molar-refractivity contribution in [2.24, 2.45) is 5.92 Å². The molecule has 3 rings (SSSR count). The maximum absolute atomic E-state index is 13.7. The summed E-state index contributed by atoms with van der Waals surface area (Å²) >= 11 is 3.27. The van der Waals surface area contributed by atoms with Gasteiger partial charge < -0.3 is 9.80 Å². The zero-order valence-electron chi connectivity index (χ0n) is 18.6. The van der Waals surface area contributed by atoms with E-state index in [1.54, 1.807) is 4.90 Å². The fraction of sp³-hybridized carbons (Fsp3) is 0.462. The van der Waals surface area contributed by atoms with Gasteiger partial charge in [0.25, 0.3) is 0 Å². The van der Waals surface area contributed by atoms with Crippen LogP contribution < -0.4 is 0 Å². The molecule has 0 aliphatic carbocycles. The van der Waals surface area contributed by atoms with E-state index in [2.05, 4.69) is 45.1 Å². The van der Waals surface area contributed by atoms with Crippen LogP contribution in [0.2, 0.25) is 0 Å². The van der Waals surface area contributed by atoms with E-state index in [1.165, 1.54) is 0 Å². The van der Waals surface area contributed by atoms with Gasteiger partial charge in [0, 0.05) is 20.5 Å². The van der Waals surface area contributed by atoms with Gasteiger partial charge in [0.05, 0.1) is 5.33 Å². The fourth-order valence-corrected chi connectivity index (χ4v) is 4.98. The van der Waals surface area contributed by atoms with Crippen molar-refractivity contribution < 1.29 is 9.59 Å². The topological polar surface area (TPSA) is 40.6 Å². The number of alkyl halides is 1. The molecule has 0 atom stereocenters. The van der Waals surface area contributed by atoms with Gasteiger partial charge in [-0.1, -0.05) is 76.6 Å². The number of carbonyl (C=O) groups excluding carboxylic acids is 2. The monoisotopic (exact) mass is 484 g/mol. The number of ketones is 1. The molecular weight excluding hydrogens is 452 g/mol. The predicted octanol–water partition coefficient (Wildman–Crippen LogP) is 4.52. The number of hydrogen-bond donors (Lipinski definition) is 0. The molecule has 1 heterocycles. The number of amides is 1. The second-order valence-corrected chi connectivity index (χ2v) is 9.31. The van der Waals surface area contributed by atoms with Crippen molar-refractivity contribution in [1.29, 1.82) is 0 Å². The SMILES string of the molecule is CN(C)C(=O)C(CCN1CCC(CC(=O)CBr)CC1)(c1ccccc1)c1ccccc1. The van der Waals surface area contributed by atoms with E-state index in [9.17, 15) is 9.59 Å². The Bertz CT molecular complexity index is 807. The number of halogens is 1. The van der Waals surface area contributed by atoms with Gasteiger partial charge in [-0.05, 0) is 55.9 Å². The van der Waals surface area contributed by atoms with Crippen LogP contribution in [0.15, 0.2) is 60.7 Å². The van der Waals surface area contributed by atoms with Gasteiger partial charge in [-0.3, -0.25) is 9.59 Å². The number of Topliss-reactive ketones (excluding diaryl/α,β-unsaturated/α-hetero) is 1. The number of nitrogens with zero attached hydrogens (tertiary/aromatic N) is 2. The Kier molecular flexibility index (Phi) is 8.44. The van der Waals surface area contributed by atoms with Gasteiger partial charge in [-0.15, -0.1) is 0 Å². The normalized spacial score (nSPS) is 15.6. The lowest BCUT2D eigenvalue weighted by Gasteiger charge is -2.39. The molecule has 1 saturated heterocycles. The van der Waals surface area contributed by atoms with Crippen LogP contribution in [-0.4, -0.2) is 60.5 Å². The molecule has 1 amide bonds. The quantitative estimate of drug-likeness (QED) is 0.491. The number of likely N-dealkylation sites (tertiary alicyclic amines) is 1. The summed E-state index contributed by atoms with van der Waals surface area (Å²) in [7, 11) is 3.69. The molecule has 31 heavy (non-hydrogen) atoms. The van der Waals surface area contributed by atoms with Crippen molar-refractivity contribution in [1.82, 2.24) is 9.80 Å². The van der Waals surface area contributed by atoms with Gasteiger partial charge in [0.2, 0.25) is 5.91 Å². The minimum atomic E-state index is -0.713. The highest BCUT2D eigenvalue weighted by molar-refractivity contribution is 9.09. The standard InChI is InChI=1S/C26H33BrN2O2/c1-28(2)25(31)26(22-9-5-3-6-10-22,23-11-7-4-8-12-23)15-18-29-16-13-21(14-17-29)19-24(30)20-27/h3-12,21H,13-20H2,1-2H3. The third kappa shape index (κ3) is 5.64. The lowest BCUT2D eigenvalue weighted by Crippen LogP contribution is -2.47. The van der Waals surface area contributed by atoms with Crippen LogP contribution in [0.1, 0.15) is 36.8 Å². The summed E-state index contributed by atoms with van der Waals surface area (Å²) in [5.41, 5.74) is 1.37. The molecule has 0 spiro atoms. The molecule has 1 aliphatic rings. The molecule has 5 heteroatoms. The van der Waals surface area contributed by atoms with Crippen LogP contribution >= 0.6 is 15.9 Å². The van der Waals surface area contributed by atoms with E-state index in [4.69, 9.17) is 0 Å². The first kappa shape index (κ1) is 23.7. The Morgan fingerprint density at radius 3 is 1.94 bits per heavy atom. The average Bonchev–Trinajstić information content (AvgIpc) is 2.81. The summed E-state index contributed by atoms with van der Waals surface area (Å²) in [4.78, 5) is 29.7. The van der Waals surface area contributed by atoms with E-state index in [-0.39, 0.29) is 5.91 Å². The Balaban J connectivity index is 1.83. The number of hydrogen-bond acceptors (Lipinski definition) is 3. The summed E-state index contributed by atoms with van der Waals surface area (Å²) in [6, 6.07) is 20.4. The molecule has 0 aromatic heterocycles. The predicted molar refractivity (Wildman–Crippen MR) is 130 cm³/mol. The zero-order valence-corrected chi connectivity index (χ0v) is 20.2. The van der Waals surface area contributed by atoms with E-state index in [1.807, 2.05) is 50.5 Å². The molecule has 0 saturated carbocycles. The van der Waals surface area contributed by atoms with Gasteiger partial charge in [0.1, 0.15) is 11.2 Å². The lowest BCUT2D eigenvalue weighted by molar-refractivity contribution is -0.133. The van der Waals surface area contributed by atoms with Gasteiger partial charge in [0.15, 0.2) is 0 Å². The largest absolute Gasteiger partial charge is 0.348 e. The average molecular weight is 485 g/mol. The van der Waals surface area contributed by atoms with Gasteiger partial charge in [-0.2, -0.15) is 0 Å². The van der Waals surface area contributed by atoms with Crippen LogP contribution in [0, 0.1) is 5.92 Å². The van der Waals surface area contributed by atoms with Crippen molar-refractivity contribution in [2.75, 3.05) is 39.1 Å². The van der Waals surface area contributed by atoms with Gasteiger partial charge in [-0.25, -0.2) is 0 Å². The second kappa shape index (κ2) is 11.1. The van der Waals surface area contributed by atoms with Crippen molar-refractivity contribution in [3.63, 3.8) is 0 Å². The number of piperidine rings is 1. The third-order valence-corrected chi connectivity index (χ3v) is 7.11. The van der Waals surface area contributed by atoms with Crippen LogP contribution in [-0.2, 0) is 15.0 Å². The number of carbonyl (C=O) groups is 2. The van der Waals surface area contributed by atoms with Gasteiger partial charge >= 0.3 is 0 Å². The molecule has 0 radical (unpaired) electrons. The van der Waals surface area contributed by atoms with Crippen LogP contribution in [0.25, 0.3) is 0 Å². The van der Waals surface area contributed by atoms with Crippen LogP contribution in [0.5, 0.6) is 0 Å². The van der Waals surface area contributed by atoms with Crippen molar-refractivity contribution in [2.45, 2.75) is 31.1 Å².